The lowest BCUT2D eigenvalue weighted by Crippen LogP contribution is -2.60. The molecule has 0 spiro atoms. The van der Waals surface area contributed by atoms with Gasteiger partial charge in [-0.25, -0.2) is 0 Å². The Morgan fingerprint density at radius 2 is 1.72 bits per heavy atom. The minimum absolute atomic E-state index is 0.332. The number of ether oxygens (including phenoxy) is 4. The van der Waals surface area contributed by atoms with Gasteiger partial charge in [-0.3, -0.25) is 0 Å². The fraction of sp³-hybridized carbons (Fsp3) is 0.867. The number of fused-ring (bicyclic) bond motifs is 3. The van der Waals surface area contributed by atoms with Gasteiger partial charge in [0.15, 0.2) is 6.29 Å². The first-order valence-electron chi connectivity index (χ1n) is 8.19. The highest BCUT2D eigenvalue weighted by molar-refractivity contribution is 5.24. The van der Waals surface area contributed by atoms with E-state index in [1.54, 1.807) is 6.08 Å². The monoisotopic (exact) mass is 362 g/mol. The highest BCUT2D eigenvalue weighted by Gasteiger charge is 2.75. The van der Waals surface area contributed by atoms with Crippen molar-refractivity contribution >= 4 is 0 Å². The Labute approximate surface area is 142 Å². The van der Waals surface area contributed by atoms with Gasteiger partial charge in [0.25, 0.3) is 0 Å². The summed E-state index contributed by atoms with van der Waals surface area (Å²) in [7, 11) is 0. The van der Waals surface area contributed by atoms with E-state index in [9.17, 15) is 30.6 Å². The normalized spacial score (nSPS) is 56.9. The van der Waals surface area contributed by atoms with Crippen molar-refractivity contribution in [3.05, 3.63) is 12.3 Å². The van der Waals surface area contributed by atoms with Gasteiger partial charge in [-0.1, -0.05) is 0 Å². The van der Waals surface area contributed by atoms with Gasteiger partial charge in [0.1, 0.15) is 36.1 Å². The molecule has 1 aliphatic carbocycles. The quantitative estimate of drug-likeness (QED) is 0.276. The van der Waals surface area contributed by atoms with Crippen LogP contribution in [0.4, 0.5) is 0 Å². The molecule has 10 nitrogen and oxygen atoms in total. The Bertz CT molecular complexity index is 540. The second kappa shape index (κ2) is 6.12. The largest absolute Gasteiger partial charge is 0.472 e. The number of hydrogen-bond donors (Lipinski definition) is 6. The van der Waals surface area contributed by atoms with E-state index in [1.807, 2.05) is 0 Å². The summed E-state index contributed by atoms with van der Waals surface area (Å²) in [5.74, 6) is -0.913. The second-order valence-corrected chi connectivity index (χ2v) is 6.91. The molecule has 0 amide bonds. The van der Waals surface area contributed by atoms with Crippen LogP contribution in [-0.2, 0) is 18.9 Å². The van der Waals surface area contributed by atoms with Gasteiger partial charge in [-0.15, -0.1) is 0 Å². The average Bonchev–Trinajstić information content (AvgIpc) is 3.31. The second-order valence-electron chi connectivity index (χ2n) is 6.91. The molecule has 10 heteroatoms. The molecule has 2 saturated heterocycles. The third-order valence-electron chi connectivity index (χ3n) is 5.62. The molecule has 4 rings (SSSR count). The first-order valence-corrected chi connectivity index (χ1v) is 8.19. The van der Waals surface area contributed by atoms with Crippen LogP contribution in [0.25, 0.3) is 0 Å². The lowest BCUT2D eigenvalue weighted by molar-refractivity contribution is -0.344. The molecule has 1 saturated carbocycles. The summed E-state index contributed by atoms with van der Waals surface area (Å²) in [6, 6.07) is 0. The molecule has 3 heterocycles. The minimum Gasteiger partial charge on any atom is -0.472 e. The maximum atomic E-state index is 10.3. The van der Waals surface area contributed by atoms with Crippen LogP contribution in [0, 0.1) is 11.8 Å². The Morgan fingerprint density at radius 1 is 0.960 bits per heavy atom. The van der Waals surface area contributed by atoms with E-state index in [0.717, 1.165) is 0 Å². The van der Waals surface area contributed by atoms with E-state index in [-0.39, 0.29) is 12.5 Å². The van der Waals surface area contributed by atoms with Crippen molar-refractivity contribution in [3.63, 3.8) is 0 Å². The van der Waals surface area contributed by atoms with Crippen LogP contribution in [-0.4, -0.2) is 98.7 Å². The molecule has 3 fully saturated rings. The Kier molecular flexibility index (Phi) is 4.30. The molecule has 7 unspecified atom stereocenters. The molecule has 3 aliphatic heterocycles. The van der Waals surface area contributed by atoms with E-state index in [0.29, 0.717) is 0 Å². The topological polar surface area (TPSA) is 162 Å². The Balaban J connectivity index is 1.53. The Hall–Kier alpha value is -0.820. The zero-order valence-electron chi connectivity index (χ0n) is 13.2. The lowest BCUT2D eigenvalue weighted by atomic mass is 9.85. The number of aliphatic hydroxyl groups excluding tert-OH is 6. The number of rotatable bonds is 4. The summed E-state index contributed by atoms with van der Waals surface area (Å²) < 4.78 is 21.9. The minimum atomic E-state index is -1.57. The van der Waals surface area contributed by atoms with Gasteiger partial charge < -0.3 is 49.6 Å². The van der Waals surface area contributed by atoms with Gasteiger partial charge >= 0.3 is 0 Å². The predicted molar refractivity (Wildman–Crippen MR) is 76.5 cm³/mol. The summed E-state index contributed by atoms with van der Waals surface area (Å²) in [6.07, 6.45) is -6.47. The molecule has 25 heavy (non-hydrogen) atoms. The first-order chi connectivity index (χ1) is 11.9. The average molecular weight is 362 g/mol. The zero-order valence-corrected chi connectivity index (χ0v) is 13.2. The summed E-state index contributed by atoms with van der Waals surface area (Å²) in [5, 5.41) is 59.0. The molecule has 0 aromatic heterocycles. The predicted octanol–water partition coefficient (Wildman–Crippen LogP) is -3.59. The van der Waals surface area contributed by atoms with Crippen LogP contribution < -0.4 is 0 Å². The molecule has 4 aliphatic rings. The van der Waals surface area contributed by atoms with Crippen molar-refractivity contribution < 1.29 is 49.6 Å². The van der Waals surface area contributed by atoms with Crippen LogP contribution in [0.15, 0.2) is 12.3 Å². The maximum absolute atomic E-state index is 10.3. The SMILES string of the molecule is OCC1O[C@H](OC2OC=C[C@@H]3C(O)C4O[C@]4(CO)[C@H]23)C(O)C(O)C1O. The van der Waals surface area contributed by atoms with Crippen LogP contribution in [0.3, 0.4) is 0 Å². The molecule has 0 radical (unpaired) electrons. The molecule has 6 N–H and O–H groups in total. The van der Waals surface area contributed by atoms with Gasteiger partial charge in [-0.2, -0.15) is 0 Å². The third-order valence-corrected chi connectivity index (χ3v) is 5.62. The molecule has 0 aromatic rings. The maximum Gasteiger partial charge on any atom is 0.208 e. The van der Waals surface area contributed by atoms with Crippen LogP contribution in [0.1, 0.15) is 0 Å². The Morgan fingerprint density at radius 3 is 2.40 bits per heavy atom. The van der Waals surface area contributed by atoms with E-state index in [4.69, 9.17) is 18.9 Å². The highest BCUT2D eigenvalue weighted by Crippen LogP contribution is 2.59. The third kappa shape index (κ3) is 2.45. The lowest BCUT2D eigenvalue weighted by Gasteiger charge is -2.43. The van der Waals surface area contributed by atoms with Crippen molar-refractivity contribution in [2.45, 2.75) is 54.8 Å². The zero-order chi connectivity index (χ0) is 17.9. The van der Waals surface area contributed by atoms with Crippen LogP contribution in [0.2, 0.25) is 0 Å². The standard InChI is InChI=1S/C15H22O10/c16-3-6-9(19)10(20)11(21)14(23-6)24-13-7-5(1-2-22-13)8(18)12-15(7,4-17)25-12/h1-2,5-14,16-21H,3-4H2/t5-,6?,7-,8?,9?,10?,11?,12?,13?,14+,15+/m0/s1. The van der Waals surface area contributed by atoms with Gasteiger partial charge in [0.05, 0.1) is 31.5 Å². The smallest absolute Gasteiger partial charge is 0.208 e. The van der Waals surface area contributed by atoms with Crippen molar-refractivity contribution in [3.8, 4) is 0 Å². The van der Waals surface area contributed by atoms with Crippen molar-refractivity contribution in [1.82, 2.24) is 0 Å². The van der Waals surface area contributed by atoms with E-state index in [2.05, 4.69) is 0 Å². The van der Waals surface area contributed by atoms with Gasteiger partial charge in [0.2, 0.25) is 6.29 Å². The summed E-state index contributed by atoms with van der Waals surface area (Å²) in [4.78, 5) is 0. The molecule has 142 valence electrons. The molecular formula is C15H22O10. The number of aliphatic hydroxyl groups is 6. The van der Waals surface area contributed by atoms with Crippen LogP contribution >= 0.6 is 0 Å². The highest BCUT2D eigenvalue weighted by atomic mass is 16.8. The van der Waals surface area contributed by atoms with Crippen molar-refractivity contribution in [2.75, 3.05) is 13.2 Å². The summed E-state index contributed by atoms with van der Waals surface area (Å²) in [6.45, 7) is -0.908. The fourth-order valence-corrected chi connectivity index (χ4v) is 4.17. The van der Waals surface area contributed by atoms with E-state index < -0.39 is 67.3 Å². The van der Waals surface area contributed by atoms with E-state index in [1.165, 1.54) is 6.26 Å². The fourth-order valence-electron chi connectivity index (χ4n) is 4.17. The first kappa shape index (κ1) is 17.6. The number of hydrogen-bond acceptors (Lipinski definition) is 10. The van der Waals surface area contributed by atoms with Crippen LogP contribution in [0.5, 0.6) is 0 Å². The summed E-state index contributed by atoms with van der Waals surface area (Å²) >= 11 is 0. The molecule has 0 bridgehead atoms. The van der Waals surface area contributed by atoms with E-state index >= 15 is 0 Å². The van der Waals surface area contributed by atoms with Crippen molar-refractivity contribution in [1.29, 1.82) is 0 Å². The molecular weight excluding hydrogens is 340 g/mol. The van der Waals surface area contributed by atoms with Gasteiger partial charge in [-0.05, 0) is 6.08 Å². The molecule has 0 aromatic carbocycles. The molecule has 11 atom stereocenters. The number of epoxide rings is 1. The van der Waals surface area contributed by atoms with Gasteiger partial charge in [0, 0.05) is 5.92 Å². The van der Waals surface area contributed by atoms with Crippen molar-refractivity contribution in [2.24, 2.45) is 11.8 Å². The summed E-state index contributed by atoms with van der Waals surface area (Å²) in [5.41, 5.74) is -0.992.